The van der Waals surface area contributed by atoms with Gasteiger partial charge in [-0.2, -0.15) is 0 Å². The molecule has 46 heavy (non-hydrogen) atoms. The van der Waals surface area contributed by atoms with Gasteiger partial charge in [-0.15, -0.1) is 0 Å². The Morgan fingerprint density at radius 3 is 1.20 bits per heavy atom. The third-order valence-electron chi connectivity index (χ3n) is 7.43. The smallest absolute Gasteiger partial charge is 0.338 e. The summed E-state index contributed by atoms with van der Waals surface area (Å²) in [7, 11) is 0. The highest BCUT2D eigenvalue weighted by atomic mass is 16.6. The summed E-state index contributed by atoms with van der Waals surface area (Å²) in [6.45, 7) is 7.13. The number of benzene rings is 1. The number of hydrogen-bond donors (Lipinski definition) is 0. The van der Waals surface area contributed by atoms with Gasteiger partial charge >= 0.3 is 11.9 Å². The molecule has 266 valence electrons. The van der Waals surface area contributed by atoms with Crippen LogP contribution in [0, 0.1) is 0 Å². The van der Waals surface area contributed by atoms with E-state index in [2.05, 4.69) is 6.92 Å². The Kier molecular flexibility index (Phi) is 31.3. The molecule has 0 aromatic heterocycles. The van der Waals surface area contributed by atoms with Gasteiger partial charge in [0.25, 0.3) is 0 Å². The molecule has 1 aromatic carbocycles. The average molecular weight is 653 g/mol. The molecular weight excluding hydrogens is 588 g/mol. The largest absolute Gasteiger partial charge is 0.463 e. The van der Waals surface area contributed by atoms with Gasteiger partial charge in [0, 0.05) is 6.42 Å². The summed E-state index contributed by atoms with van der Waals surface area (Å²) in [6.07, 6.45) is 20.2. The van der Waals surface area contributed by atoms with E-state index >= 15 is 0 Å². The summed E-state index contributed by atoms with van der Waals surface area (Å²) in [4.78, 5) is 23.7. The minimum Gasteiger partial charge on any atom is -0.463 e. The molecule has 0 aliphatic rings. The van der Waals surface area contributed by atoms with Crippen molar-refractivity contribution in [3.05, 3.63) is 35.9 Å². The molecule has 0 fully saturated rings. The standard InChI is InChI=1S/C37H64O9/c1-2-3-4-5-6-7-8-9-10-11-12-13-14-15-19-22-36(38)45-33-31-43-29-27-41-25-23-40-24-26-42-28-30-44-32-34-46-37(39)35-20-17-16-18-21-35/h16-18,20-21H,2-15,19,22-34H2,1H3. The Morgan fingerprint density at radius 1 is 0.435 bits per heavy atom. The predicted molar refractivity (Wildman–Crippen MR) is 181 cm³/mol. The van der Waals surface area contributed by atoms with Crippen LogP contribution >= 0.6 is 0 Å². The SMILES string of the molecule is CCCCCCCCCCCCCCCCCC(=O)OCCOCCOCCOCCOCCOCCOC(=O)c1ccccc1. The van der Waals surface area contributed by atoms with E-state index in [1.807, 2.05) is 6.07 Å². The zero-order valence-corrected chi connectivity index (χ0v) is 28.9. The molecule has 0 aliphatic heterocycles. The van der Waals surface area contributed by atoms with Crippen LogP contribution in [0.5, 0.6) is 0 Å². The molecule has 0 amide bonds. The molecular formula is C37H64O9. The number of esters is 2. The topological polar surface area (TPSA) is 98.8 Å². The van der Waals surface area contributed by atoms with Crippen molar-refractivity contribution in [2.75, 3.05) is 79.3 Å². The van der Waals surface area contributed by atoms with Gasteiger partial charge in [0.15, 0.2) is 0 Å². The Morgan fingerprint density at radius 2 is 0.783 bits per heavy atom. The highest BCUT2D eigenvalue weighted by Gasteiger charge is 2.05. The molecule has 0 bridgehead atoms. The molecule has 1 aromatic rings. The zero-order valence-electron chi connectivity index (χ0n) is 28.9. The zero-order chi connectivity index (χ0) is 33.0. The number of carbonyl (C=O) groups excluding carboxylic acids is 2. The van der Waals surface area contributed by atoms with Crippen molar-refractivity contribution in [3.8, 4) is 0 Å². The van der Waals surface area contributed by atoms with Gasteiger partial charge in [-0.3, -0.25) is 4.79 Å². The van der Waals surface area contributed by atoms with E-state index in [4.69, 9.17) is 33.2 Å². The van der Waals surface area contributed by atoms with Gasteiger partial charge in [-0.05, 0) is 18.6 Å². The number of ether oxygens (including phenoxy) is 7. The molecule has 0 heterocycles. The molecule has 9 nitrogen and oxygen atoms in total. The fraction of sp³-hybridized carbons (Fsp3) is 0.784. The lowest BCUT2D eigenvalue weighted by Crippen LogP contribution is -2.15. The minimum absolute atomic E-state index is 0.134. The predicted octanol–water partition coefficient (Wildman–Crippen LogP) is 7.73. The van der Waals surface area contributed by atoms with Crippen molar-refractivity contribution < 1.29 is 42.7 Å². The summed E-state index contributed by atoms with van der Waals surface area (Å²) in [6, 6.07) is 8.86. The van der Waals surface area contributed by atoms with Gasteiger partial charge in [-0.1, -0.05) is 115 Å². The van der Waals surface area contributed by atoms with Crippen LogP contribution in [-0.4, -0.2) is 91.2 Å². The fourth-order valence-corrected chi connectivity index (χ4v) is 4.76. The van der Waals surface area contributed by atoms with Crippen molar-refractivity contribution in [2.24, 2.45) is 0 Å². The first-order chi connectivity index (χ1) is 22.7. The second-order valence-electron chi connectivity index (χ2n) is 11.5. The van der Waals surface area contributed by atoms with Crippen molar-refractivity contribution in [1.29, 1.82) is 0 Å². The summed E-state index contributed by atoms with van der Waals surface area (Å²) in [5.74, 6) is -0.488. The van der Waals surface area contributed by atoms with Crippen LogP contribution in [0.15, 0.2) is 30.3 Å². The molecule has 0 spiro atoms. The maximum Gasteiger partial charge on any atom is 0.338 e. The molecule has 0 radical (unpaired) electrons. The van der Waals surface area contributed by atoms with E-state index in [1.54, 1.807) is 24.3 Å². The van der Waals surface area contributed by atoms with E-state index < -0.39 is 0 Å². The maximum absolute atomic E-state index is 11.9. The van der Waals surface area contributed by atoms with E-state index in [0.717, 1.165) is 12.8 Å². The van der Waals surface area contributed by atoms with Gasteiger partial charge in [0.2, 0.25) is 0 Å². The molecule has 0 unspecified atom stereocenters. The van der Waals surface area contributed by atoms with Crippen molar-refractivity contribution in [2.45, 2.75) is 110 Å². The third-order valence-corrected chi connectivity index (χ3v) is 7.43. The van der Waals surface area contributed by atoms with E-state index in [9.17, 15) is 9.59 Å². The number of unbranched alkanes of at least 4 members (excludes halogenated alkanes) is 14. The quantitative estimate of drug-likeness (QED) is 0.0539. The van der Waals surface area contributed by atoms with Crippen molar-refractivity contribution in [3.63, 3.8) is 0 Å². The fourth-order valence-electron chi connectivity index (χ4n) is 4.76. The molecule has 1 rings (SSSR count). The summed E-state index contributed by atoms with van der Waals surface area (Å²) < 4.78 is 37.6. The van der Waals surface area contributed by atoms with Crippen LogP contribution < -0.4 is 0 Å². The van der Waals surface area contributed by atoms with Crippen LogP contribution in [-0.2, 0) is 38.0 Å². The first kappa shape index (κ1) is 42.0. The monoisotopic (exact) mass is 652 g/mol. The number of rotatable bonds is 35. The lowest BCUT2D eigenvalue weighted by atomic mass is 10.0. The maximum atomic E-state index is 11.9. The van der Waals surface area contributed by atoms with Gasteiger partial charge in [0.05, 0.1) is 71.6 Å². The van der Waals surface area contributed by atoms with Crippen molar-refractivity contribution >= 4 is 11.9 Å². The van der Waals surface area contributed by atoms with Crippen LogP contribution in [0.4, 0.5) is 0 Å². The Labute approximate surface area is 279 Å². The van der Waals surface area contributed by atoms with Crippen LogP contribution in [0.2, 0.25) is 0 Å². The third kappa shape index (κ3) is 29.4. The summed E-state index contributed by atoms with van der Waals surface area (Å²) in [5.41, 5.74) is 0.527. The second-order valence-corrected chi connectivity index (χ2v) is 11.5. The first-order valence-electron chi connectivity index (χ1n) is 18.0. The van der Waals surface area contributed by atoms with Gasteiger partial charge in [-0.25, -0.2) is 4.79 Å². The van der Waals surface area contributed by atoms with Gasteiger partial charge in [0.1, 0.15) is 13.2 Å². The Balaban J connectivity index is 1.68. The summed E-state index contributed by atoms with van der Waals surface area (Å²) >= 11 is 0. The van der Waals surface area contributed by atoms with E-state index in [0.29, 0.717) is 78.1 Å². The lowest BCUT2D eigenvalue weighted by Gasteiger charge is -2.08. The lowest BCUT2D eigenvalue weighted by molar-refractivity contribution is -0.145. The highest BCUT2D eigenvalue weighted by molar-refractivity contribution is 5.89. The molecule has 0 N–H and O–H groups in total. The molecule has 9 heteroatoms. The molecule has 0 atom stereocenters. The second kappa shape index (κ2) is 34.3. The molecule has 0 saturated heterocycles. The average Bonchev–Trinajstić information content (AvgIpc) is 3.07. The van der Waals surface area contributed by atoms with E-state index in [1.165, 1.54) is 83.5 Å². The van der Waals surface area contributed by atoms with Gasteiger partial charge < -0.3 is 33.2 Å². The van der Waals surface area contributed by atoms with Crippen molar-refractivity contribution in [1.82, 2.24) is 0 Å². The minimum atomic E-state index is -0.354. The Hall–Kier alpha value is -2.04. The van der Waals surface area contributed by atoms with Crippen LogP contribution in [0.25, 0.3) is 0 Å². The van der Waals surface area contributed by atoms with Crippen LogP contribution in [0.1, 0.15) is 120 Å². The Bertz CT molecular complexity index is 790. The first-order valence-corrected chi connectivity index (χ1v) is 18.0. The number of carbonyl (C=O) groups is 2. The normalized spacial score (nSPS) is 11.2. The van der Waals surface area contributed by atoms with E-state index in [-0.39, 0.29) is 25.2 Å². The van der Waals surface area contributed by atoms with Crippen LogP contribution in [0.3, 0.4) is 0 Å². The molecule has 0 saturated carbocycles. The highest BCUT2D eigenvalue weighted by Crippen LogP contribution is 2.14. The summed E-state index contributed by atoms with van der Waals surface area (Å²) in [5, 5.41) is 0. The number of hydrogen-bond acceptors (Lipinski definition) is 9. The molecule has 0 aliphatic carbocycles.